The first-order valence-corrected chi connectivity index (χ1v) is 8.05. The molecule has 0 unspecified atom stereocenters. The molecule has 0 aliphatic rings. The molecule has 0 spiro atoms. The van der Waals surface area contributed by atoms with E-state index in [-0.39, 0.29) is 10.7 Å². The molecule has 25 heavy (non-hydrogen) atoms. The molecule has 10 heteroatoms. The average Bonchev–Trinajstić information content (AvgIpc) is 3.01. The van der Waals surface area contributed by atoms with E-state index in [0.717, 1.165) is 11.6 Å². The molecule has 5 nitrogen and oxygen atoms in total. The molecule has 0 aliphatic carbocycles. The number of amidine groups is 1. The van der Waals surface area contributed by atoms with Gasteiger partial charge in [0.25, 0.3) is 5.91 Å². The van der Waals surface area contributed by atoms with Gasteiger partial charge >= 0.3 is 6.18 Å². The van der Waals surface area contributed by atoms with Crippen LogP contribution in [0.3, 0.4) is 0 Å². The van der Waals surface area contributed by atoms with Crippen molar-refractivity contribution in [3.8, 4) is 0 Å². The SMILES string of the molecule is Cc1ccc(NC(=O)CO/N=C(\N)c2ccc(C(F)(F)F)s2)cc1Cl. The number of amides is 1. The Balaban J connectivity index is 1.89. The molecule has 0 saturated carbocycles. The third kappa shape index (κ3) is 5.36. The van der Waals surface area contributed by atoms with E-state index < -0.39 is 23.6 Å². The van der Waals surface area contributed by atoms with Crippen LogP contribution in [0.5, 0.6) is 0 Å². The largest absolute Gasteiger partial charge is 0.425 e. The lowest BCUT2D eigenvalue weighted by Crippen LogP contribution is -2.19. The van der Waals surface area contributed by atoms with Crippen molar-refractivity contribution in [2.45, 2.75) is 13.1 Å². The van der Waals surface area contributed by atoms with Crippen molar-refractivity contribution in [1.29, 1.82) is 0 Å². The van der Waals surface area contributed by atoms with Crippen LogP contribution < -0.4 is 11.1 Å². The monoisotopic (exact) mass is 391 g/mol. The lowest BCUT2D eigenvalue weighted by Gasteiger charge is -2.06. The Morgan fingerprint density at radius 3 is 2.68 bits per heavy atom. The molecule has 0 atom stereocenters. The molecule has 1 aromatic heterocycles. The number of hydrogen-bond donors (Lipinski definition) is 2. The summed E-state index contributed by atoms with van der Waals surface area (Å²) >= 11 is 6.38. The minimum Gasteiger partial charge on any atom is -0.384 e. The Bertz CT molecular complexity index is 806. The van der Waals surface area contributed by atoms with Gasteiger partial charge in [0.2, 0.25) is 0 Å². The maximum absolute atomic E-state index is 12.5. The van der Waals surface area contributed by atoms with E-state index in [9.17, 15) is 18.0 Å². The van der Waals surface area contributed by atoms with Crippen molar-refractivity contribution < 1.29 is 22.8 Å². The minimum atomic E-state index is -4.45. The van der Waals surface area contributed by atoms with Crippen molar-refractivity contribution in [1.82, 2.24) is 0 Å². The number of nitrogens with one attached hydrogen (secondary N) is 1. The number of carbonyl (C=O) groups is 1. The molecule has 0 radical (unpaired) electrons. The molecular formula is C15H13ClF3N3O2S. The third-order valence-electron chi connectivity index (χ3n) is 2.95. The summed E-state index contributed by atoms with van der Waals surface area (Å²) in [4.78, 5) is 15.8. The Labute approximate surface area is 150 Å². The van der Waals surface area contributed by atoms with E-state index in [4.69, 9.17) is 22.2 Å². The lowest BCUT2D eigenvalue weighted by atomic mass is 10.2. The van der Waals surface area contributed by atoms with Crippen molar-refractivity contribution in [3.63, 3.8) is 0 Å². The number of benzene rings is 1. The number of aryl methyl sites for hydroxylation is 1. The number of oxime groups is 1. The Kier molecular flexibility index (Phi) is 5.91. The summed E-state index contributed by atoms with van der Waals surface area (Å²) in [6.45, 7) is 1.37. The highest BCUT2D eigenvalue weighted by Crippen LogP contribution is 2.34. The number of anilines is 1. The van der Waals surface area contributed by atoms with Gasteiger partial charge in [0.15, 0.2) is 12.4 Å². The summed E-state index contributed by atoms with van der Waals surface area (Å²) in [7, 11) is 0. The Morgan fingerprint density at radius 2 is 2.08 bits per heavy atom. The topological polar surface area (TPSA) is 76.7 Å². The van der Waals surface area contributed by atoms with Crippen LogP contribution in [-0.2, 0) is 15.8 Å². The van der Waals surface area contributed by atoms with Crippen LogP contribution in [0, 0.1) is 6.92 Å². The molecule has 3 N–H and O–H groups in total. The quantitative estimate of drug-likeness (QED) is 0.459. The van der Waals surface area contributed by atoms with Crippen LogP contribution in [0.1, 0.15) is 15.3 Å². The van der Waals surface area contributed by atoms with E-state index in [2.05, 4.69) is 10.5 Å². The van der Waals surface area contributed by atoms with Crippen LogP contribution in [0.4, 0.5) is 18.9 Å². The zero-order valence-corrected chi connectivity index (χ0v) is 14.4. The number of carbonyl (C=O) groups excluding carboxylic acids is 1. The fourth-order valence-corrected chi connectivity index (χ4v) is 2.65. The van der Waals surface area contributed by atoms with Gasteiger partial charge < -0.3 is 15.9 Å². The first-order chi connectivity index (χ1) is 11.7. The van der Waals surface area contributed by atoms with Crippen molar-refractivity contribution in [3.05, 3.63) is 50.7 Å². The predicted octanol–water partition coefficient (Wildman–Crippen LogP) is 4.00. The summed E-state index contributed by atoms with van der Waals surface area (Å²) in [6.07, 6.45) is -4.45. The smallest absolute Gasteiger partial charge is 0.384 e. The van der Waals surface area contributed by atoms with E-state index in [0.29, 0.717) is 22.0 Å². The molecule has 134 valence electrons. The van der Waals surface area contributed by atoms with E-state index in [1.807, 2.05) is 6.92 Å². The van der Waals surface area contributed by atoms with Gasteiger partial charge in [0, 0.05) is 10.7 Å². The maximum Gasteiger partial charge on any atom is 0.425 e. The zero-order valence-electron chi connectivity index (χ0n) is 12.9. The average molecular weight is 392 g/mol. The molecule has 0 saturated heterocycles. The number of nitrogens with two attached hydrogens (primary N) is 1. The third-order valence-corrected chi connectivity index (χ3v) is 4.51. The normalized spacial score (nSPS) is 12.1. The second kappa shape index (κ2) is 7.75. The standard InChI is InChI=1S/C15H13ClF3N3O2S/c1-8-2-3-9(6-10(8)16)21-13(23)7-24-22-14(20)11-4-5-12(25-11)15(17,18)19/h2-6H,7H2,1H3,(H2,20,22)(H,21,23). The molecule has 1 heterocycles. The molecule has 0 fully saturated rings. The second-order valence-electron chi connectivity index (χ2n) is 4.92. The molecule has 1 amide bonds. The zero-order chi connectivity index (χ0) is 18.6. The summed E-state index contributed by atoms with van der Waals surface area (Å²) < 4.78 is 37.6. The number of thiophene rings is 1. The first-order valence-electron chi connectivity index (χ1n) is 6.85. The van der Waals surface area contributed by atoms with Crippen molar-refractivity contribution >= 4 is 40.4 Å². The Hall–Kier alpha value is -2.26. The van der Waals surface area contributed by atoms with Crippen LogP contribution in [0.15, 0.2) is 35.5 Å². The van der Waals surface area contributed by atoms with Crippen molar-refractivity contribution in [2.75, 3.05) is 11.9 Å². The highest BCUT2D eigenvalue weighted by molar-refractivity contribution is 7.14. The van der Waals surface area contributed by atoms with E-state index in [1.54, 1.807) is 18.2 Å². The molecule has 0 bridgehead atoms. The van der Waals surface area contributed by atoms with Gasteiger partial charge in [-0.15, -0.1) is 11.3 Å². The van der Waals surface area contributed by atoms with Crippen LogP contribution >= 0.6 is 22.9 Å². The predicted molar refractivity (Wildman–Crippen MR) is 90.8 cm³/mol. The van der Waals surface area contributed by atoms with E-state index >= 15 is 0 Å². The van der Waals surface area contributed by atoms with Gasteiger partial charge in [-0.05, 0) is 36.8 Å². The van der Waals surface area contributed by atoms with Gasteiger partial charge in [0.1, 0.15) is 4.88 Å². The molecular weight excluding hydrogens is 379 g/mol. The van der Waals surface area contributed by atoms with Crippen LogP contribution in [0.25, 0.3) is 0 Å². The van der Waals surface area contributed by atoms with Gasteiger partial charge in [-0.25, -0.2) is 0 Å². The molecule has 2 aromatic rings. The minimum absolute atomic E-state index is 0.0954. The highest BCUT2D eigenvalue weighted by Gasteiger charge is 2.32. The summed E-state index contributed by atoms with van der Waals surface area (Å²) in [5.74, 6) is -0.759. The van der Waals surface area contributed by atoms with E-state index in [1.165, 1.54) is 6.07 Å². The maximum atomic E-state index is 12.5. The molecule has 0 aliphatic heterocycles. The van der Waals surface area contributed by atoms with Crippen LogP contribution in [0.2, 0.25) is 5.02 Å². The van der Waals surface area contributed by atoms with Crippen LogP contribution in [-0.4, -0.2) is 18.3 Å². The summed E-state index contributed by atoms with van der Waals surface area (Å²) in [5, 5.41) is 6.50. The number of hydrogen-bond acceptors (Lipinski definition) is 4. The summed E-state index contributed by atoms with van der Waals surface area (Å²) in [5.41, 5.74) is 6.89. The molecule has 1 aromatic carbocycles. The lowest BCUT2D eigenvalue weighted by molar-refractivity contribution is -0.134. The summed E-state index contributed by atoms with van der Waals surface area (Å²) in [6, 6.07) is 7.07. The number of rotatable bonds is 5. The number of halogens is 4. The van der Waals surface area contributed by atoms with Crippen molar-refractivity contribution in [2.24, 2.45) is 10.9 Å². The fourth-order valence-electron chi connectivity index (χ4n) is 1.70. The van der Waals surface area contributed by atoms with Gasteiger partial charge in [-0.3, -0.25) is 4.79 Å². The number of nitrogens with zero attached hydrogens (tertiary/aromatic N) is 1. The second-order valence-corrected chi connectivity index (χ2v) is 6.41. The van der Waals surface area contributed by atoms with Gasteiger partial charge in [0.05, 0.1) is 4.88 Å². The molecule has 2 rings (SSSR count). The highest BCUT2D eigenvalue weighted by atomic mass is 35.5. The van der Waals surface area contributed by atoms with Gasteiger partial charge in [-0.2, -0.15) is 13.2 Å². The number of alkyl halides is 3. The Morgan fingerprint density at radius 1 is 1.36 bits per heavy atom. The van der Waals surface area contributed by atoms with Gasteiger partial charge in [-0.1, -0.05) is 22.8 Å². The first kappa shape index (κ1) is 19.1. The fraction of sp³-hybridized carbons (Fsp3) is 0.200.